The lowest BCUT2D eigenvalue weighted by Gasteiger charge is -2.10. The molecule has 0 saturated carbocycles. The lowest BCUT2D eigenvalue weighted by molar-refractivity contribution is 1.45. The summed E-state index contributed by atoms with van der Waals surface area (Å²) >= 11 is 0. The van der Waals surface area contributed by atoms with Gasteiger partial charge in [-0.25, -0.2) is 0 Å². The highest BCUT2D eigenvalue weighted by Gasteiger charge is 2.05. The summed E-state index contributed by atoms with van der Waals surface area (Å²) in [6.07, 6.45) is 0. The van der Waals surface area contributed by atoms with Gasteiger partial charge >= 0.3 is 0 Å². The first-order chi connectivity index (χ1) is 12.3. The van der Waals surface area contributed by atoms with E-state index in [1.807, 2.05) is 0 Å². The van der Waals surface area contributed by atoms with Crippen LogP contribution in [0.1, 0.15) is 5.56 Å². The molecule has 0 fully saturated rings. The van der Waals surface area contributed by atoms with Gasteiger partial charge in [0.25, 0.3) is 0 Å². The van der Waals surface area contributed by atoms with Gasteiger partial charge in [0, 0.05) is 0 Å². The molecule has 0 saturated heterocycles. The van der Waals surface area contributed by atoms with Crippen molar-refractivity contribution in [3.05, 3.63) is 109 Å². The van der Waals surface area contributed by atoms with E-state index in [0.29, 0.717) is 0 Å². The Hall–Kier alpha value is -3.12. The van der Waals surface area contributed by atoms with Crippen molar-refractivity contribution in [2.45, 2.75) is 6.92 Å². The third-order valence-electron chi connectivity index (χ3n) is 4.65. The second-order valence-electron chi connectivity index (χ2n) is 6.34. The van der Waals surface area contributed by atoms with Gasteiger partial charge in [0.15, 0.2) is 0 Å². The smallest absolute Gasteiger partial charge is 0.0149 e. The second kappa shape index (κ2) is 6.78. The van der Waals surface area contributed by atoms with Gasteiger partial charge in [-0.15, -0.1) is 0 Å². The van der Waals surface area contributed by atoms with E-state index in [9.17, 15) is 0 Å². The van der Waals surface area contributed by atoms with Crippen molar-refractivity contribution in [3.8, 4) is 33.4 Å². The van der Waals surface area contributed by atoms with Gasteiger partial charge in [-0.2, -0.15) is 0 Å². The molecule has 0 aliphatic carbocycles. The summed E-state index contributed by atoms with van der Waals surface area (Å²) in [5.41, 5.74) is 8.87. The minimum Gasteiger partial charge on any atom is -0.0622 e. The molecule has 120 valence electrons. The Kier molecular flexibility index (Phi) is 4.18. The van der Waals surface area contributed by atoms with Gasteiger partial charge < -0.3 is 0 Å². The minimum absolute atomic E-state index is 1.25. The summed E-state index contributed by atoms with van der Waals surface area (Å²) in [7, 11) is 0. The summed E-state index contributed by atoms with van der Waals surface area (Å²) in [5, 5.41) is 0. The molecule has 0 N–H and O–H groups in total. The SMILES string of the molecule is Cc1ccc(-c2ccc(-c3ccccc3)cc2)cc1-c1ccccc1. The van der Waals surface area contributed by atoms with Gasteiger partial charge in [0.05, 0.1) is 0 Å². The Bertz CT molecular complexity index is 965. The summed E-state index contributed by atoms with van der Waals surface area (Å²) in [6, 6.07) is 36.6. The molecule has 4 rings (SSSR count). The van der Waals surface area contributed by atoms with Crippen LogP contribution in [0, 0.1) is 6.92 Å². The summed E-state index contributed by atoms with van der Waals surface area (Å²) in [5.74, 6) is 0. The molecule has 25 heavy (non-hydrogen) atoms. The quantitative estimate of drug-likeness (QED) is 0.381. The zero-order valence-electron chi connectivity index (χ0n) is 14.3. The molecule has 4 aromatic rings. The Morgan fingerprint density at radius 3 is 1.44 bits per heavy atom. The molecule has 0 heterocycles. The standard InChI is InChI=1S/C25H20/c1-19-12-13-24(18-25(19)23-10-6-3-7-11-23)22-16-14-21(15-17-22)20-8-4-2-5-9-20/h2-18H,1H3. The largest absolute Gasteiger partial charge is 0.0622 e. The van der Waals surface area contributed by atoms with Gasteiger partial charge in [-0.3, -0.25) is 0 Å². The van der Waals surface area contributed by atoms with E-state index >= 15 is 0 Å². The van der Waals surface area contributed by atoms with Crippen molar-refractivity contribution < 1.29 is 0 Å². The molecule has 0 aliphatic heterocycles. The molecule has 0 heteroatoms. The molecule has 0 aromatic heterocycles. The minimum atomic E-state index is 1.25. The number of hydrogen-bond donors (Lipinski definition) is 0. The Labute approximate surface area is 149 Å². The van der Waals surface area contributed by atoms with E-state index < -0.39 is 0 Å². The van der Waals surface area contributed by atoms with E-state index in [1.165, 1.54) is 38.9 Å². The Morgan fingerprint density at radius 2 is 0.840 bits per heavy atom. The van der Waals surface area contributed by atoms with Crippen LogP contribution in [0.3, 0.4) is 0 Å². The van der Waals surface area contributed by atoms with Crippen LogP contribution in [0.5, 0.6) is 0 Å². The maximum absolute atomic E-state index is 2.29. The van der Waals surface area contributed by atoms with E-state index in [0.717, 1.165) is 0 Å². The number of benzene rings is 4. The molecular weight excluding hydrogens is 300 g/mol. The first-order valence-corrected chi connectivity index (χ1v) is 8.63. The third kappa shape index (κ3) is 3.25. The number of rotatable bonds is 3. The molecule has 0 nitrogen and oxygen atoms in total. The fourth-order valence-corrected chi connectivity index (χ4v) is 3.22. The van der Waals surface area contributed by atoms with Crippen molar-refractivity contribution in [2.24, 2.45) is 0 Å². The molecular formula is C25H20. The maximum atomic E-state index is 2.29. The summed E-state index contributed by atoms with van der Waals surface area (Å²) < 4.78 is 0. The highest BCUT2D eigenvalue weighted by atomic mass is 14.1. The molecule has 0 amide bonds. The molecule has 0 bridgehead atoms. The molecule has 0 radical (unpaired) electrons. The topological polar surface area (TPSA) is 0 Å². The van der Waals surface area contributed by atoms with Gasteiger partial charge in [0.2, 0.25) is 0 Å². The average Bonchev–Trinajstić information content (AvgIpc) is 2.70. The van der Waals surface area contributed by atoms with E-state index in [1.54, 1.807) is 0 Å². The number of aryl methyl sites for hydroxylation is 1. The van der Waals surface area contributed by atoms with Gasteiger partial charge in [-0.1, -0.05) is 97.1 Å². The van der Waals surface area contributed by atoms with Crippen molar-refractivity contribution >= 4 is 0 Å². The average molecular weight is 320 g/mol. The van der Waals surface area contributed by atoms with Crippen LogP contribution in [0.25, 0.3) is 33.4 Å². The highest BCUT2D eigenvalue weighted by Crippen LogP contribution is 2.30. The predicted octanol–water partition coefficient (Wildman–Crippen LogP) is 7.00. The fourth-order valence-electron chi connectivity index (χ4n) is 3.22. The van der Waals surface area contributed by atoms with Crippen molar-refractivity contribution in [1.29, 1.82) is 0 Å². The molecule has 0 unspecified atom stereocenters. The Balaban J connectivity index is 1.71. The lowest BCUT2D eigenvalue weighted by atomic mass is 9.94. The summed E-state index contributed by atoms with van der Waals surface area (Å²) in [6.45, 7) is 2.17. The van der Waals surface area contributed by atoms with Crippen LogP contribution in [-0.2, 0) is 0 Å². The maximum Gasteiger partial charge on any atom is -0.0149 e. The monoisotopic (exact) mass is 320 g/mol. The van der Waals surface area contributed by atoms with E-state index in [4.69, 9.17) is 0 Å². The first-order valence-electron chi connectivity index (χ1n) is 8.63. The first kappa shape index (κ1) is 15.4. The predicted molar refractivity (Wildman–Crippen MR) is 107 cm³/mol. The van der Waals surface area contributed by atoms with Crippen LogP contribution in [0.2, 0.25) is 0 Å². The van der Waals surface area contributed by atoms with Crippen molar-refractivity contribution in [1.82, 2.24) is 0 Å². The fraction of sp³-hybridized carbons (Fsp3) is 0.0400. The lowest BCUT2D eigenvalue weighted by Crippen LogP contribution is -1.86. The third-order valence-corrected chi connectivity index (χ3v) is 4.65. The van der Waals surface area contributed by atoms with Crippen LogP contribution >= 0.6 is 0 Å². The van der Waals surface area contributed by atoms with Gasteiger partial charge in [0.1, 0.15) is 0 Å². The van der Waals surface area contributed by atoms with Crippen LogP contribution in [-0.4, -0.2) is 0 Å². The second-order valence-corrected chi connectivity index (χ2v) is 6.34. The molecule has 0 aliphatic rings. The van der Waals surface area contributed by atoms with Crippen LogP contribution in [0.4, 0.5) is 0 Å². The zero-order valence-corrected chi connectivity index (χ0v) is 14.3. The van der Waals surface area contributed by atoms with Crippen LogP contribution in [0.15, 0.2) is 103 Å². The van der Waals surface area contributed by atoms with Crippen molar-refractivity contribution in [2.75, 3.05) is 0 Å². The van der Waals surface area contributed by atoms with Crippen molar-refractivity contribution in [3.63, 3.8) is 0 Å². The van der Waals surface area contributed by atoms with E-state index in [-0.39, 0.29) is 0 Å². The normalized spacial score (nSPS) is 10.6. The Morgan fingerprint density at radius 1 is 0.400 bits per heavy atom. The molecule has 4 aromatic carbocycles. The van der Waals surface area contributed by atoms with Crippen LogP contribution < -0.4 is 0 Å². The highest BCUT2D eigenvalue weighted by molar-refractivity contribution is 5.77. The van der Waals surface area contributed by atoms with E-state index in [2.05, 4.69) is 110 Å². The number of hydrogen-bond acceptors (Lipinski definition) is 0. The zero-order chi connectivity index (χ0) is 17.1. The summed E-state index contributed by atoms with van der Waals surface area (Å²) in [4.78, 5) is 0. The molecule has 0 spiro atoms. The van der Waals surface area contributed by atoms with Gasteiger partial charge in [-0.05, 0) is 51.9 Å². The molecule has 0 atom stereocenters.